The SMILES string of the molecule is CN1c2cc3c(cc2C(CS(=O)(=O)O)CC1(C)C)C(c1cc(C(=O)O)ccc1C(=O)O)=c1cc2c(cc1O3)=[N+](C)C(C)(C)C=C2CS(=O)(=O)O. The van der Waals surface area contributed by atoms with Gasteiger partial charge in [0.1, 0.15) is 24.3 Å². The van der Waals surface area contributed by atoms with E-state index in [-0.39, 0.29) is 33.8 Å². The number of ether oxygens (including phenoxy) is 1. The second-order valence-corrected chi connectivity index (χ2v) is 17.2. The first-order valence-electron chi connectivity index (χ1n) is 15.6. The molecular weight excluding hydrogens is 689 g/mol. The number of carbonyl (C=O) groups is 2. The van der Waals surface area contributed by atoms with Gasteiger partial charge in [-0.1, -0.05) is 0 Å². The number of aromatic carboxylic acids is 2. The standard InChI is InChI=1S/C35H36N2O11S2/c1-34(2)14-19(16-49(42,43)44)22-10-25-29(12-27(22)36(34)5)48-30-13-28-23(20(17-50(45,46)47)15-35(3,4)37(28)6)11-26(30)31(25)24-9-18(32(38)39)7-8-21(24)33(40)41/h7-14,20H,15-17H2,1-6H3,(H3-,38,39,40,41,42,43,44,45,46,47)/p+1. The highest BCUT2D eigenvalue weighted by Gasteiger charge is 2.40. The third-order valence-corrected chi connectivity index (χ3v) is 11.6. The third-order valence-electron chi connectivity index (χ3n) is 10.1. The Bertz CT molecular complexity index is 2430. The van der Waals surface area contributed by atoms with Gasteiger partial charge >= 0.3 is 11.9 Å². The van der Waals surface area contributed by atoms with E-state index in [0.29, 0.717) is 44.9 Å². The van der Waals surface area contributed by atoms with Crippen LogP contribution in [0.5, 0.6) is 11.5 Å². The summed E-state index contributed by atoms with van der Waals surface area (Å²) in [6.45, 7) is 7.63. The van der Waals surface area contributed by atoms with E-state index in [0.717, 1.165) is 0 Å². The summed E-state index contributed by atoms with van der Waals surface area (Å²) in [6, 6.07) is 10.4. The van der Waals surface area contributed by atoms with Gasteiger partial charge in [-0.15, -0.1) is 0 Å². The summed E-state index contributed by atoms with van der Waals surface area (Å²) in [5.41, 5.74) is 0.858. The number of nitrogens with zero attached hydrogens (tertiary/aromatic N) is 2. The highest BCUT2D eigenvalue weighted by molar-refractivity contribution is 7.86. The van der Waals surface area contributed by atoms with E-state index in [1.165, 1.54) is 18.2 Å². The van der Waals surface area contributed by atoms with Crippen LogP contribution in [-0.4, -0.2) is 84.8 Å². The van der Waals surface area contributed by atoms with Crippen molar-refractivity contribution in [2.24, 2.45) is 0 Å². The van der Waals surface area contributed by atoms with Crippen LogP contribution in [0, 0.1) is 0 Å². The summed E-state index contributed by atoms with van der Waals surface area (Å²) in [6.07, 6.45) is 2.06. The molecule has 6 rings (SSSR count). The van der Waals surface area contributed by atoms with E-state index >= 15 is 0 Å². The molecule has 3 aliphatic rings. The van der Waals surface area contributed by atoms with Crippen LogP contribution in [0.2, 0.25) is 0 Å². The van der Waals surface area contributed by atoms with Gasteiger partial charge in [0.05, 0.1) is 28.5 Å². The van der Waals surface area contributed by atoms with Crippen molar-refractivity contribution < 1.29 is 50.5 Å². The van der Waals surface area contributed by atoms with E-state index in [4.69, 9.17) is 4.74 Å². The quantitative estimate of drug-likeness (QED) is 0.161. The molecule has 4 N–H and O–H groups in total. The largest absolute Gasteiger partial charge is 0.478 e. The van der Waals surface area contributed by atoms with E-state index in [2.05, 4.69) is 0 Å². The molecule has 0 aliphatic carbocycles. The van der Waals surface area contributed by atoms with Crippen molar-refractivity contribution in [3.8, 4) is 11.5 Å². The number of fused-ring (bicyclic) bond motifs is 4. The fraction of sp³-hybridized carbons (Fsp3) is 0.343. The second-order valence-electron chi connectivity index (χ2n) is 14.3. The predicted octanol–water partition coefficient (Wildman–Crippen LogP) is 3.21. The van der Waals surface area contributed by atoms with Crippen molar-refractivity contribution in [2.75, 3.05) is 30.5 Å². The van der Waals surface area contributed by atoms with Crippen molar-refractivity contribution >= 4 is 49.0 Å². The Morgan fingerprint density at radius 2 is 1.58 bits per heavy atom. The van der Waals surface area contributed by atoms with Gasteiger partial charge in [-0.3, -0.25) is 9.11 Å². The minimum absolute atomic E-state index is 0.0312. The van der Waals surface area contributed by atoms with Gasteiger partial charge in [0, 0.05) is 60.5 Å². The number of likely N-dealkylation sites (N-methyl/N-ethyl adjacent to an activating group) is 1. The van der Waals surface area contributed by atoms with Gasteiger partial charge < -0.3 is 19.8 Å². The van der Waals surface area contributed by atoms with Crippen molar-refractivity contribution in [1.82, 2.24) is 4.58 Å². The Morgan fingerprint density at radius 3 is 2.18 bits per heavy atom. The van der Waals surface area contributed by atoms with Gasteiger partial charge in [0.25, 0.3) is 20.2 Å². The number of rotatable bonds is 7. The first kappa shape index (κ1) is 35.3. The Balaban J connectivity index is 1.79. The number of hydrogen-bond acceptors (Lipinski definition) is 8. The summed E-state index contributed by atoms with van der Waals surface area (Å²) in [5, 5.41) is 21.1. The lowest BCUT2D eigenvalue weighted by Gasteiger charge is -2.46. The molecule has 3 aliphatic heterocycles. The Kier molecular flexibility index (Phi) is 8.10. The molecule has 3 aromatic rings. The third kappa shape index (κ3) is 6.19. The van der Waals surface area contributed by atoms with Gasteiger partial charge in [0.2, 0.25) is 5.36 Å². The lowest BCUT2D eigenvalue weighted by Crippen LogP contribution is -2.48. The van der Waals surface area contributed by atoms with Crippen molar-refractivity contribution in [1.29, 1.82) is 0 Å². The molecule has 15 heteroatoms. The Labute approximate surface area is 289 Å². The van der Waals surface area contributed by atoms with Crippen molar-refractivity contribution in [2.45, 2.75) is 51.1 Å². The van der Waals surface area contributed by atoms with E-state index < -0.39 is 60.7 Å². The fourth-order valence-electron chi connectivity index (χ4n) is 7.30. The highest BCUT2D eigenvalue weighted by atomic mass is 32.2. The summed E-state index contributed by atoms with van der Waals surface area (Å²) in [4.78, 5) is 26.8. The molecule has 0 fully saturated rings. The van der Waals surface area contributed by atoms with Crippen LogP contribution < -0.4 is 24.8 Å². The average Bonchev–Trinajstić information content (AvgIpc) is 2.97. The molecule has 3 aromatic carbocycles. The van der Waals surface area contributed by atoms with E-state index in [1.807, 2.05) is 51.3 Å². The minimum atomic E-state index is -4.49. The van der Waals surface area contributed by atoms with Gasteiger partial charge in [0.15, 0.2) is 5.54 Å². The molecule has 3 heterocycles. The highest BCUT2D eigenvalue weighted by Crippen LogP contribution is 2.49. The van der Waals surface area contributed by atoms with Crippen molar-refractivity contribution in [3.05, 3.63) is 92.5 Å². The zero-order valence-electron chi connectivity index (χ0n) is 28.2. The maximum absolute atomic E-state index is 12.7. The molecule has 1 unspecified atom stereocenters. The summed E-state index contributed by atoms with van der Waals surface area (Å²) in [7, 11) is -5.25. The fourth-order valence-corrected chi connectivity index (χ4v) is 8.74. The normalized spacial score (nSPS) is 19.0. The number of carboxylic acids is 2. The average molecular weight is 726 g/mol. The first-order valence-corrected chi connectivity index (χ1v) is 18.8. The van der Waals surface area contributed by atoms with E-state index in [1.54, 1.807) is 30.3 Å². The molecule has 264 valence electrons. The van der Waals surface area contributed by atoms with Crippen LogP contribution in [0.25, 0.3) is 11.1 Å². The predicted molar refractivity (Wildman–Crippen MR) is 186 cm³/mol. The molecule has 0 spiro atoms. The Hall–Kier alpha value is -4.57. The monoisotopic (exact) mass is 725 g/mol. The zero-order valence-corrected chi connectivity index (χ0v) is 29.8. The molecule has 13 nitrogen and oxygen atoms in total. The molecule has 0 radical (unpaired) electrons. The van der Waals surface area contributed by atoms with Crippen LogP contribution in [0.4, 0.5) is 5.69 Å². The number of benzene rings is 3. The molecule has 0 saturated carbocycles. The van der Waals surface area contributed by atoms with Gasteiger partial charge in [-0.25, -0.2) is 14.2 Å². The van der Waals surface area contributed by atoms with Crippen LogP contribution in [0.3, 0.4) is 0 Å². The van der Waals surface area contributed by atoms with Gasteiger partial charge in [-0.05, 0) is 73.4 Å². The molecule has 0 aromatic heterocycles. The smallest absolute Gasteiger partial charge is 0.336 e. The Morgan fingerprint density at radius 1 is 0.900 bits per heavy atom. The van der Waals surface area contributed by atoms with Crippen LogP contribution in [0.1, 0.15) is 83.0 Å². The molecule has 1 atom stereocenters. The summed E-state index contributed by atoms with van der Waals surface area (Å²) < 4.78 is 77.1. The summed E-state index contributed by atoms with van der Waals surface area (Å²) in [5.74, 6) is -4.04. The van der Waals surface area contributed by atoms with Gasteiger partial charge in [-0.2, -0.15) is 16.8 Å². The lowest BCUT2D eigenvalue weighted by molar-refractivity contribution is 0.0681. The second kappa shape index (κ2) is 11.5. The van der Waals surface area contributed by atoms with Crippen LogP contribution >= 0.6 is 0 Å². The van der Waals surface area contributed by atoms with Crippen LogP contribution in [-0.2, 0) is 20.2 Å². The molecule has 0 saturated heterocycles. The summed E-state index contributed by atoms with van der Waals surface area (Å²) >= 11 is 0. The number of hydrogen-bond donors (Lipinski definition) is 4. The zero-order chi connectivity index (χ0) is 36.9. The molecule has 0 amide bonds. The van der Waals surface area contributed by atoms with E-state index in [9.17, 15) is 45.7 Å². The lowest BCUT2D eigenvalue weighted by atomic mass is 9.78. The maximum atomic E-state index is 12.7. The van der Waals surface area contributed by atoms with Crippen molar-refractivity contribution in [3.63, 3.8) is 0 Å². The molecular formula is C35H37N2O11S2+. The molecule has 50 heavy (non-hydrogen) atoms. The van der Waals surface area contributed by atoms with Crippen LogP contribution in [0.15, 0.2) is 48.5 Å². The topological polar surface area (TPSA) is 199 Å². The number of carboxylic acid groups (broad SMARTS) is 2. The first-order chi connectivity index (χ1) is 23.0. The molecule has 0 bridgehead atoms. The minimum Gasteiger partial charge on any atom is -0.478 e. The number of anilines is 1. The maximum Gasteiger partial charge on any atom is 0.336 e.